The summed E-state index contributed by atoms with van der Waals surface area (Å²) in [6, 6.07) is 13.7. The molecule has 1 unspecified atom stereocenters. The normalized spacial score (nSPS) is 13.2. The van der Waals surface area contributed by atoms with Gasteiger partial charge in [0.1, 0.15) is 0 Å². The first-order valence-electron chi connectivity index (χ1n) is 6.84. The molecule has 0 aliphatic rings. The Morgan fingerprint density at radius 3 is 1.86 bits per heavy atom. The molecule has 0 spiro atoms. The van der Waals surface area contributed by atoms with Crippen molar-refractivity contribution >= 4 is 23.2 Å². The summed E-state index contributed by atoms with van der Waals surface area (Å²) < 4.78 is 0. The summed E-state index contributed by atoms with van der Waals surface area (Å²) in [6.07, 6.45) is 0. The topological polar surface area (TPSA) is 38.0 Å². The molecule has 0 aromatic heterocycles. The Morgan fingerprint density at radius 1 is 0.905 bits per heavy atom. The summed E-state index contributed by atoms with van der Waals surface area (Å²) in [6.45, 7) is 6.58. The standard InChI is InChI=1S/C17H20Cl2N2/c1-17(2,3)13-6-4-11(5-7-13)16(21-20)12-8-14(18)10-15(19)9-12/h4-10,16,21H,20H2,1-3H3. The molecule has 0 heterocycles. The molecule has 1 atom stereocenters. The Bertz CT molecular complexity index is 595. The zero-order chi connectivity index (χ0) is 15.6. The third kappa shape index (κ3) is 3.98. The minimum Gasteiger partial charge on any atom is -0.271 e. The number of halogens is 2. The number of hydrogen-bond acceptors (Lipinski definition) is 2. The molecular formula is C17H20Cl2N2. The fraction of sp³-hybridized carbons (Fsp3) is 0.294. The number of rotatable bonds is 3. The van der Waals surface area contributed by atoms with E-state index in [1.54, 1.807) is 6.07 Å². The zero-order valence-electron chi connectivity index (χ0n) is 12.5. The smallest absolute Gasteiger partial charge is 0.0711 e. The molecule has 3 N–H and O–H groups in total. The predicted molar refractivity (Wildman–Crippen MR) is 90.8 cm³/mol. The van der Waals surface area contributed by atoms with Crippen molar-refractivity contribution in [1.29, 1.82) is 0 Å². The van der Waals surface area contributed by atoms with Gasteiger partial charge in [0.05, 0.1) is 6.04 Å². The summed E-state index contributed by atoms with van der Waals surface area (Å²) in [5, 5.41) is 1.20. The van der Waals surface area contributed by atoms with Crippen molar-refractivity contribution in [3.05, 3.63) is 69.2 Å². The van der Waals surface area contributed by atoms with Gasteiger partial charge < -0.3 is 0 Å². The van der Waals surface area contributed by atoms with Crippen molar-refractivity contribution in [3.8, 4) is 0 Å². The molecule has 0 radical (unpaired) electrons. The van der Waals surface area contributed by atoms with Crippen LogP contribution in [0.15, 0.2) is 42.5 Å². The maximum atomic E-state index is 6.07. The van der Waals surface area contributed by atoms with Crippen LogP contribution in [-0.4, -0.2) is 0 Å². The largest absolute Gasteiger partial charge is 0.271 e. The number of nitrogens with two attached hydrogens (primary N) is 1. The van der Waals surface area contributed by atoms with Crippen molar-refractivity contribution in [2.24, 2.45) is 5.84 Å². The van der Waals surface area contributed by atoms with Crippen molar-refractivity contribution in [3.63, 3.8) is 0 Å². The molecule has 0 amide bonds. The van der Waals surface area contributed by atoms with Gasteiger partial charge in [-0.05, 0) is 40.3 Å². The van der Waals surface area contributed by atoms with Crippen molar-refractivity contribution in [1.82, 2.24) is 5.43 Å². The Labute approximate surface area is 136 Å². The second-order valence-corrected chi connectivity index (χ2v) is 7.05. The summed E-state index contributed by atoms with van der Waals surface area (Å²) in [5.74, 6) is 5.72. The Balaban J connectivity index is 2.37. The molecule has 4 heteroatoms. The zero-order valence-corrected chi connectivity index (χ0v) is 14.0. The van der Waals surface area contributed by atoms with Gasteiger partial charge in [0.25, 0.3) is 0 Å². The Hall–Kier alpha value is -1.06. The van der Waals surface area contributed by atoms with E-state index in [1.807, 2.05) is 12.1 Å². The van der Waals surface area contributed by atoms with Crippen molar-refractivity contribution in [2.75, 3.05) is 0 Å². The third-order valence-corrected chi connectivity index (χ3v) is 3.93. The average Bonchev–Trinajstić information content (AvgIpc) is 2.38. The minimum absolute atomic E-state index is 0.129. The fourth-order valence-corrected chi connectivity index (χ4v) is 2.85. The Morgan fingerprint density at radius 2 is 1.43 bits per heavy atom. The van der Waals surface area contributed by atoms with Gasteiger partial charge in [-0.1, -0.05) is 68.2 Å². The van der Waals surface area contributed by atoms with E-state index in [1.165, 1.54) is 5.56 Å². The minimum atomic E-state index is -0.143. The lowest BCUT2D eigenvalue weighted by Crippen LogP contribution is -2.29. The number of benzene rings is 2. The first-order valence-corrected chi connectivity index (χ1v) is 7.59. The summed E-state index contributed by atoms with van der Waals surface area (Å²) in [4.78, 5) is 0. The van der Waals surface area contributed by atoms with Crippen molar-refractivity contribution in [2.45, 2.75) is 32.2 Å². The van der Waals surface area contributed by atoms with Crippen LogP contribution in [0.4, 0.5) is 0 Å². The van der Waals surface area contributed by atoms with E-state index in [0.717, 1.165) is 11.1 Å². The van der Waals surface area contributed by atoms with Crippen molar-refractivity contribution < 1.29 is 0 Å². The lowest BCUT2D eigenvalue weighted by atomic mass is 9.86. The van der Waals surface area contributed by atoms with Crippen LogP contribution in [0.2, 0.25) is 10.0 Å². The summed E-state index contributed by atoms with van der Waals surface area (Å²) >= 11 is 12.1. The summed E-state index contributed by atoms with van der Waals surface area (Å²) in [5.41, 5.74) is 6.26. The molecule has 21 heavy (non-hydrogen) atoms. The highest BCUT2D eigenvalue weighted by Crippen LogP contribution is 2.29. The molecule has 0 aliphatic heterocycles. The molecule has 0 saturated heterocycles. The molecule has 2 nitrogen and oxygen atoms in total. The van der Waals surface area contributed by atoms with Gasteiger partial charge in [-0.3, -0.25) is 5.84 Å². The van der Waals surface area contributed by atoms with Crippen LogP contribution in [0, 0.1) is 0 Å². The van der Waals surface area contributed by atoms with E-state index in [-0.39, 0.29) is 11.5 Å². The van der Waals surface area contributed by atoms with Gasteiger partial charge >= 0.3 is 0 Å². The van der Waals surface area contributed by atoms with Crippen LogP contribution in [0.3, 0.4) is 0 Å². The van der Waals surface area contributed by atoms with Gasteiger partial charge in [0.15, 0.2) is 0 Å². The van der Waals surface area contributed by atoms with E-state index in [2.05, 4.69) is 50.5 Å². The highest BCUT2D eigenvalue weighted by molar-refractivity contribution is 6.34. The molecule has 2 rings (SSSR count). The van der Waals surface area contributed by atoms with Crippen LogP contribution in [0.25, 0.3) is 0 Å². The molecule has 0 bridgehead atoms. The van der Waals surface area contributed by atoms with Crippen LogP contribution in [0.5, 0.6) is 0 Å². The number of hydrazine groups is 1. The second kappa shape index (κ2) is 6.37. The fourth-order valence-electron chi connectivity index (χ4n) is 2.30. The van der Waals surface area contributed by atoms with E-state index < -0.39 is 0 Å². The summed E-state index contributed by atoms with van der Waals surface area (Å²) in [7, 11) is 0. The lowest BCUT2D eigenvalue weighted by Gasteiger charge is -2.22. The highest BCUT2D eigenvalue weighted by atomic mass is 35.5. The first kappa shape index (κ1) is 16.3. The molecule has 112 valence electrons. The van der Waals surface area contributed by atoms with Crippen LogP contribution in [-0.2, 0) is 5.41 Å². The molecule has 0 fully saturated rings. The SMILES string of the molecule is CC(C)(C)c1ccc(C(NN)c2cc(Cl)cc(Cl)c2)cc1. The third-order valence-electron chi connectivity index (χ3n) is 3.49. The van der Waals surface area contributed by atoms with Gasteiger partial charge in [-0.2, -0.15) is 0 Å². The van der Waals surface area contributed by atoms with E-state index >= 15 is 0 Å². The molecule has 0 saturated carbocycles. The van der Waals surface area contributed by atoms with E-state index in [0.29, 0.717) is 10.0 Å². The predicted octanol–water partition coefficient (Wildman–Crippen LogP) is 4.84. The molecule has 2 aromatic rings. The van der Waals surface area contributed by atoms with Crippen LogP contribution >= 0.6 is 23.2 Å². The highest BCUT2D eigenvalue weighted by Gasteiger charge is 2.17. The second-order valence-electron chi connectivity index (χ2n) is 6.17. The number of hydrogen-bond donors (Lipinski definition) is 2. The molecular weight excluding hydrogens is 303 g/mol. The quantitative estimate of drug-likeness (QED) is 0.626. The van der Waals surface area contributed by atoms with Gasteiger partial charge in [-0.25, -0.2) is 5.43 Å². The molecule has 0 aliphatic carbocycles. The number of nitrogens with one attached hydrogen (secondary N) is 1. The first-order chi connectivity index (χ1) is 9.81. The average molecular weight is 323 g/mol. The van der Waals surface area contributed by atoms with Gasteiger partial charge in [0.2, 0.25) is 0 Å². The van der Waals surface area contributed by atoms with Crippen LogP contribution < -0.4 is 11.3 Å². The van der Waals surface area contributed by atoms with E-state index in [4.69, 9.17) is 29.0 Å². The maximum Gasteiger partial charge on any atom is 0.0711 e. The monoisotopic (exact) mass is 322 g/mol. The Kier molecular flexibility index (Phi) is 4.95. The van der Waals surface area contributed by atoms with E-state index in [9.17, 15) is 0 Å². The van der Waals surface area contributed by atoms with Gasteiger partial charge in [0, 0.05) is 10.0 Å². The maximum absolute atomic E-state index is 6.07. The van der Waals surface area contributed by atoms with Gasteiger partial charge in [-0.15, -0.1) is 0 Å². The lowest BCUT2D eigenvalue weighted by molar-refractivity contribution is 0.588. The molecule has 2 aromatic carbocycles. The van der Waals surface area contributed by atoms with Crippen LogP contribution in [0.1, 0.15) is 43.5 Å².